The van der Waals surface area contributed by atoms with Crippen molar-refractivity contribution in [1.29, 1.82) is 0 Å². The van der Waals surface area contributed by atoms with Gasteiger partial charge in [-0.25, -0.2) is 9.59 Å². The Morgan fingerprint density at radius 1 is 0.333 bits per heavy atom. The fraction of sp³-hybridized carbons (Fsp3) is 0. The molecule has 234 valence electrons. The number of benzene rings is 6. The van der Waals surface area contributed by atoms with Gasteiger partial charge in [0.15, 0.2) is 0 Å². The van der Waals surface area contributed by atoms with E-state index in [1.54, 1.807) is 34.1 Å². The van der Waals surface area contributed by atoms with E-state index >= 15 is 0 Å². The van der Waals surface area contributed by atoms with Crippen molar-refractivity contribution in [3.63, 3.8) is 0 Å². The van der Waals surface area contributed by atoms with Crippen molar-refractivity contribution in [2.75, 3.05) is 9.80 Å². The van der Waals surface area contributed by atoms with Gasteiger partial charge >= 0.3 is 11.9 Å². The molecule has 2 N–H and O–H groups in total. The van der Waals surface area contributed by atoms with E-state index in [-0.39, 0.29) is 22.5 Å². The first-order chi connectivity index (χ1) is 23.5. The summed E-state index contributed by atoms with van der Waals surface area (Å²) in [4.78, 5) is 31.3. The Labute approximate surface area is 279 Å². The highest BCUT2D eigenvalue weighted by atomic mass is 16.4. The van der Waals surface area contributed by atoms with Crippen molar-refractivity contribution in [2.24, 2.45) is 0 Å². The van der Waals surface area contributed by atoms with Gasteiger partial charge in [0.05, 0.1) is 11.4 Å². The molecule has 0 aromatic heterocycles. The standard InChI is InChI=1S/C42H32N2O4/c45-41(46)37(39(31-19-7-1-8-20-31)43(33-23-11-3-12-24-33)34-25-13-4-14-26-34)38(42(47)48)40(32-21-9-2-10-22-32)44(35-27-15-5-16-28-35)36-29-17-6-18-30-36/h1-30H,(H,45,46)(H,47,48). The average Bonchev–Trinajstić information content (AvgIpc) is 3.14. The molecule has 0 heterocycles. The van der Waals surface area contributed by atoms with Crippen LogP contribution in [0.15, 0.2) is 193 Å². The van der Waals surface area contributed by atoms with Gasteiger partial charge in [-0.1, -0.05) is 133 Å². The van der Waals surface area contributed by atoms with E-state index in [4.69, 9.17) is 0 Å². The Kier molecular flexibility index (Phi) is 9.54. The van der Waals surface area contributed by atoms with Crippen LogP contribution in [0.25, 0.3) is 11.4 Å². The quantitative estimate of drug-likeness (QED) is 0.110. The van der Waals surface area contributed by atoms with Gasteiger partial charge in [0.25, 0.3) is 0 Å². The van der Waals surface area contributed by atoms with Crippen LogP contribution in [0.2, 0.25) is 0 Å². The summed E-state index contributed by atoms with van der Waals surface area (Å²) in [6.07, 6.45) is 0. The minimum absolute atomic E-state index is 0.201. The first-order valence-corrected chi connectivity index (χ1v) is 15.4. The zero-order valence-corrected chi connectivity index (χ0v) is 25.9. The van der Waals surface area contributed by atoms with Gasteiger partial charge in [-0.15, -0.1) is 0 Å². The molecule has 6 aromatic rings. The van der Waals surface area contributed by atoms with Gasteiger partial charge < -0.3 is 20.0 Å². The summed E-state index contributed by atoms with van der Waals surface area (Å²) in [7, 11) is 0. The molecule has 0 saturated carbocycles. The van der Waals surface area contributed by atoms with E-state index in [0.29, 0.717) is 33.9 Å². The molecule has 6 nitrogen and oxygen atoms in total. The van der Waals surface area contributed by atoms with Gasteiger partial charge in [-0.3, -0.25) is 0 Å². The lowest BCUT2D eigenvalue weighted by atomic mass is 9.92. The number of carboxylic acids is 2. The Morgan fingerprint density at radius 2 is 0.542 bits per heavy atom. The molecule has 0 unspecified atom stereocenters. The molecule has 0 amide bonds. The number of para-hydroxylation sites is 4. The molecule has 0 aliphatic carbocycles. The van der Waals surface area contributed by atoms with E-state index in [1.165, 1.54) is 0 Å². The van der Waals surface area contributed by atoms with E-state index < -0.39 is 11.9 Å². The summed E-state index contributed by atoms with van der Waals surface area (Å²) < 4.78 is 0. The monoisotopic (exact) mass is 628 g/mol. The topological polar surface area (TPSA) is 81.1 Å². The second-order valence-corrected chi connectivity index (χ2v) is 10.8. The highest BCUT2D eigenvalue weighted by molar-refractivity contribution is 6.19. The number of rotatable bonds is 11. The van der Waals surface area contributed by atoms with Crippen LogP contribution in [0.3, 0.4) is 0 Å². The lowest BCUT2D eigenvalue weighted by Gasteiger charge is -2.33. The van der Waals surface area contributed by atoms with Crippen molar-refractivity contribution < 1.29 is 19.8 Å². The summed E-state index contributed by atoms with van der Waals surface area (Å²) in [6, 6.07) is 55.5. The minimum atomic E-state index is -1.39. The SMILES string of the molecule is O=C(O)C(C(C(=O)O)=C(c1ccccc1)N(c1ccccc1)c1ccccc1)=C(c1ccccc1)N(c1ccccc1)c1ccccc1. The maximum atomic E-state index is 13.9. The Balaban J connectivity index is 1.83. The molecular weight excluding hydrogens is 596 g/mol. The largest absolute Gasteiger partial charge is 0.478 e. The lowest BCUT2D eigenvalue weighted by Crippen LogP contribution is -2.27. The predicted molar refractivity (Wildman–Crippen MR) is 192 cm³/mol. The summed E-state index contributed by atoms with van der Waals surface area (Å²) in [5.41, 5.74) is 3.35. The fourth-order valence-electron chi connectivity index (χ4n) is 5.74. The highest BCUT2D eigenvalue weighted by Crippen LogP contribution is 2.43. The zero-order chi connectivity index (χ0) is 33.3. The van der Waals surface area contributed by atoms with Gasteiger partial charge in [0.2, 0.25) is 0 Å². The van der Waals surface area contributed by atoms with Crippen LogP contribution in [0, 0.1) is 0 Å². The van der Waals surface area contributed by atoms with Crippen LogP contribution in [-0.2, 0) is 9.59 Å². The minimum Gasteiger partial charge on any atom is -0.478 e. The summed E-state index contributed by atoms with van der Waals surface area (Å²) in [5.74, 6) is -2.78. The van der Waals surface area contributed by atoms with Gasteiger partial charge in [0, 0.05) is 22.7 Å². The second-order valence-electron chi connectivity index (χ2n) is 10.8. The number of hydrogen-bond donors (Lipinski definition) is 2. The maximum Gasteiger partial charge on any atom is 0.338 e. The van der Waals surface area contributed by atoms with Crippen molar-refractivity contribution in [2.45, 2.75) is 0 Å². The molecule has 0 spiro atoms. The fourth-order valence-corrected chi connectivity index (χ4v) is 5.74. The van der Waals surface area contributed by atoms with Crippen LogP contribution in [-0.4, -0.2) is 22.2 Å². The summed E-state index contributed by atoms with van der Waals surface area (Å²) in [5, 5.41) is 22.6. The predicted octanol–water partition coefficient (Wildman–Crippen LogP) is 9.65. The smallest absolute Gasteiger partial charge is 0.338 e. The number of anilines is 4. The third-order valence-electron chi connectivity index (χ3n) is 7.75. The van der Waals surface area contributed by atoms with E-state index in [9.17, 15) is 19.8 Å². The first kappa shape index (κ1) is 31.3. The molecule has 0 atom stereocenters. The first-order valence-electron chi connectivity index (χ1n) is 15.4. The average molecular weight is 629 g/mol. The lowest BCUT2D eigenvalue weighted by molar-refractivity contribution is -0.136. The summed E-state index contributed by atoms with van der Waals surface area (Å²) >= 11 is 0. The normalized spacial score (nSPS) is 11.9. The molecule has 6 rings (SSSR count). The Morgan fingerprint density at radius 3 is 0.750 bits per heavy atom. The number of carbonyl (C=O) groups is 2. The van der Waals surface area contributed by atoms with E-state index in [0.717, 1.165) is 0 Å². The van der Waals surface area contributed by atoms with Crippen molar-refractivity contribution in [3.8, 4) is 0 Å². The molecule has 48 heavy (non-hydrogen) atoms. The number of hydrogen-bond acceptors (Lipinski definition) is 4. The van der Waals surface area contributed by atoms with Crippen LogP contribution >= 0.6 is 0 Å². The Bertz CT molecular complexity index is 1820. The molecule has 6 aromatic carbocycles. The van der Waals surface area contributed by atoms with Crippen molar-refractivity contribution in [3.05, 3.63) is 204 Å². The van der Waals surface area contributed by atoms with Crippen molar-refractivity contribution in [1.82, 2.24) is 0 Å². The second kappa shape index (κ2) is 14.6. The molecule has 0 bridgehead atoms. The molecule has 0 aliphatic heterocycles. The third kappa shape index (κ3) is 6.64. The highest BCUT2D eigenvalue weighted by Gasteiger charge is 2.35. The third-order valence-corrected chi connectivity index (χ3v) is 7.75. The van der Waals surface area contributed by atoms with Crippen LogP contribution in [0.1, 0.15) is 11.1 Å². The van der Waals surface area contributed by atoms with Crippen LogP contribution in [0.4, 0.5) is 22.7 Å². The zero-order valence-electron chi connectivity index (χ0n) is 25.9. The van der Waals surface area contributed by atoms with Gasteiger partial charge in [-0.05, 0) is 59.7 Å². The molecule has 0 radical (unpaired) electrons. The molecule has 0 saturated heterocycles. The van der Waals surface area contributed by atoms with E-state index in [2.05, 4.69) is 0 Å². The summed E-state index contributed by atoms with van der Waals surface area (Å²) in [6.45, 7) is 0. The number of nitrogens with zero attached hydrogens (tertiary/aromatic N) is 2. The molecule has 0 fully saturated rings. The van der Waals surface area contributed by atoms with Gasteiger partial charge in [0.1, 0.15) is 11.1 Å². The molecule has 0 aliphatic rings. The molecular formula is C42H32N2O4. The molecule has 6 heteroatoms. The van der Waals surface area contributed by atoms with Crippen molar-refractivity contribution >= 4 is 46.1 Å². The number of carboxylic acid groups (broad SMARTS) is 2. The van der Waals surface area contributed by atoms with Crippen LogP contribution < -0.4 is 9.80 Å². The van der Waals surface area contributed by atoms with Crippen LogP contribution in [0.5, 0.6) is 0 Å². The Hall–Kier alpha value is -6.66. The van der Waals surface area contributed by atoms with Gasteiger partial charge in [-0.2, -0.15) is 0 Å². The number of aliphatic carboxylic acids is 2. The maximum absolute atomic E-state index is 13.9. The van der Waals surface area contributed by atoms with E-state index in [1.807, 2.05) is 158 Å².